The SMILES string of the molecule is O=C(OC(Cl)Cl)C(=O)OC(Cl)Cl. The number of carbonyl (C=O) groups excluding carboxylic acids is 2. The summed E-state index contributed by atoms with van der Waals surface area (Å²) in [5.41, 5.74) is 0. The van der Waals surface area contributed by atoms with Crippen molar-refractivity contribution in [1.82, 2.24) is 0 Å². The molecule has 0 aromatic rings. The van der Waals surface area contributed by atoms with Gasteiger partial charge in [-0.1, -0.05) is 46.4 Å². The Labute approximate surface area is 87.6 Å². The lowest BCUT2D eigenvalue weighted by molar-refractivity contribution is -0.166. The van der Waals surface area contributed by atoms with Crippen LogP contribution in [0.15, 0.2) is 0 Å². The van der Waals surface area contributed by atoms with E-state index in [-0.39, 0.29) is 0 Å². The molecule has 0 aliphatic heterocycles. The van der Waals surface area contributed by atoms with Gasteiger partial charge in [-0.3, -0.25) is 0 Å². The average Bonchev–Trinajstić information content (AvgIpc) is 1.84. The van der Waals surface area contributed by atoms with Crippen molar-refractivity contribution in [2.75, 3.05) is 0 Å². The fourth-order valence-electron chi connectivity index (χ4n) is 0.258. The van der Waals surface area contributed by atoms with E-state index in [9.17, 15) is 9.59 Å². The molecular weight excluding hydrogens is 254 g/mol. The Kier molecular flexibility index (Phi) is 5.74. The van der Waals surface area contributed by atoms with E-state index in [2.05, 4.69) is 9.47 Å². The van der Waals surface area contributed by atoms with E-state index in [4.69, 9.17) is 46.4 Å². The van der Waals surface area contributed by atoms with Crippen molar-refractivity contribution in [2.24, 2.45) is 0 Å². The molecule has 0 radical (unpaired) electrons. The van der Waals surface area contributed by atoms with Gasteiger partial charge in [-0.25, -0.2) is 9.59 Å². The van der Waals surface area contributed by atoms with Crippen LogP contribution in [0.5, 0.6) is 0 Å². The second-order valence-corrected chi connectivity index (χ2v) is 3.36. The number of alkyl halides is 4. The van der Waals surface area contributed by atoms with Crippen LogP contribution in [0.25, 0.3) is 0 Å². The molecule has 0 aromatic heterocycles. The molecule has 0 saturated heterocycles. The zero-order valence-corrected chi connectivity index (χ0v) is 8.32. The lowest BCUT2D eigenvalue weighted by atomic mass is 10.7. The molecule has 0 aromatic carbocycles. The summed E-state index contributed by atoms with van der Waals surface area (Å²) < 4.78 is 8.03. The van der Waals surface area contributed by atoms with E-state index >= 15 is 0 Å². The van der Waals surface area contributed by atoms with Crippen molar-refractivity contribution in [1.29, 1.82) is 0 Å². The van der Waals surface area contributed by atoms with Crippen LogP contribution in [0.3, 0.4) is 0 Å². The molecule has 70 valence electrons. The quantitative estimate of drug-likeness (QED) is 0.427. The van der Waals surface area contributed by atoms with Crippen molar-refractivity contribution in [3.05, 3.63) is 0 Å². The molecule has 0 rings (SSSR count). The third-order valence-electron chi connectivity index (χ3n) is 0.559. The number of carbonyl (C=O) groups is 2. The Hall–Kier alpha value is 0.1000. The van der Waals surface area contributed by atoms with Gasteiger partial charge in [0.15, 0.2) is 0 Å². The van der Waals surface area contributed by atoms with Gasteiger partial charge in [0.1, 0.15) is 0 Å². The molecule has 0 heterocycles. The minimum absolute atomic E-state index is 1.36. The Morgan fingerprint density at radius 2 is 1.08 bits per heavy atom. The molecule has 0 spiro atoms. The predicted molar refractivity (Wildman–Crippen MR) is 43.2 cm³/mol. The highest BCUT2D eigenvalue weighted by molar-refractivity contribution is 6.46. The van der Waals surface area contributed by atoms with Gasteiger partial charge >= 0.3 is 11.9 Å². The van der Waals surface area contributed by atoms with Crippen LogP contribution in [0.1, 0.15) is 0 Å². The summed E-state index contributed by atoms with van der Waals surface area (Å²) in [5, 5.41) is -2.87. The molecule has 0 atom stereocenters. The number of hydrogen-bond donors (Lipinski definition) is 0. The number of rotatable bonds is 2. The van der Waals surface area contributed by atoms with E-state index in [1.54, 1.807) is 0 Å². The molecule has 0 aliphatic carbocycles. The lowest BCUT2D eigenvalue weighted by Gasteiger charge is -2.04. The molecule has 8 heteroatoms. The van der Waals surface area contributed by atoms with Crippen molar-refractivity contribution in [2.45, 2.75) is 10.0 Å². The Morgan fingerprint density at radius 1 is 0.833 bits per heavy atom. The normalized spacial score (nSPS) is 10.2. The maximum absolute atomic E-state index is 10.5. The summed E-state index contributed by atoms with van der Waals surface area (Å²) >= 11 is 20.0. The molecule has 0 fully saturated rings. The van der Waals surface area contributed by atoms with Gasteiger partial charge in [-0.05, 0) is 0 Å². The first-order valence-electron chi connectivity index (χ1n) is 2.41. The highest BCUT2D eigenvalue weighted by Crippen LogP contribution is 2.07. The standard InChI is InChI=1S/C4H2Cl4O4/c5-3(6)11-1(9)2(10)12-4(7)8/h3-4H. The molecule has 4 nitrogen and oxygen atoms in total. The van der Waals surface area contributed by atoms with Gasteiger partial charge < -0.3 is 9.47 Å². The maximum atomic E-state index is 10.5. The number of halogens is 4. The molecule has 0 unspecified atom stereocenters. The van der Waals surface area contributed by atoms with Crippen LogP contribution in [0, 0.1) is 0 Å². The zero-order chi connectivity index (χ0) is 9.72. The van der Waals surface area contributed by atoms with Crippen LogP contribution >= 0.6 is 46.4 Å². The topological polar surface area (TPSA) is 52.6 Å². The van der Waals surface area contributed by atoms with Crippen molar-refractivity contribution in [3.63, 3.8) is 0 Å². The Morgan fingerprint density at radius 3 is 1.25 bits per heavy atom. The third kappa shape index (κ3) is 5.71. The largest absolute Gasteiger partial charge is 0.423 e. The lowest BCUT2D eigenvalue weighted by Crippen LogP contribution is -2.23. The highest BCUT2D eigenvalue weighted by Gasteiger charge is 2.22. The van der Waals surface area contributed by atoms with E-state index in [1.807, 2.05) is 0 Å². The Balaban J connectivity index is 3.86. The van der Waals surface area contributed by atoms with Crippen LogP contribution in [-0.2, 0) is 19.1 Å². The Bertz CT molecular complexity index is 160. The molecule has 0 amide bonds. The number of esters is 2. The monoisotopic (exact) mass is 254 g/mol. The second kappa shape index (κ2) is 5.70. The molecule has 0 aliphatic rings. The van der Waals surface area contributed by atoms with Gasteiger partial charge in [0.2, 0.25) is 0 Å². The molecule has 12 heavy (non-hydrogen) atoms. The fourth-order valence-corrected chi connectivity index (χ4v) is 0.582. The van der Waals surface area contributed by atoms with Gasteiger partial charge in [0, 0.05) is 0 Å². The van der Waals surface area contributed by atoms with E-state index < -0.39 is 22.0 Å². The molecular formula is C4H2Cl4O4. The zero-order valence-electron chi connectivity index (χ0n) is 5.30. The fraction of sp³-hybridized carbons (Fsp3) is 0.500. The number of ether oxygens (including phenoxy) is 2. The minimum atomic E-state index is -1.44. The van der Waals surface area contributed by atoms with Gasteiger partial charge in [0.25, 0.3) is 10.0 Å². The van der Waals surface area contributed by atoms with Crippen molar-refractivity contribution in [3.8, 4) is 0 Å². The predicted octanol–water partition coefficient (Wildman–Crippen LogP) is 1.60. The van der Waals surface area contributed by atoms with Gasteiger partial charge in [0.05, 0.1) is 0 Å². The number of hydrogen-bond acceptors (Lipinski definition) is 4. The first-order valence-corrected chi connectivity index (χ1v) is 4.16. The van der Waals surface area contributed by atoms with Crippen molar-refractivity contribution >= 4 is 58.3 Å². The second-order valence-electron chi connectivity index (χ2n) is 1.33. The smallest absolute Gasteiger partial charge is 0.419 e. The third-order valence-corrected chi connectivity index (χ3v) is 0.915. The van der Waals surface area contributed by atoms with E-state index in [0.717, 1.165) is 0 Å². The van der Waals surface area contributed by atoms with Gasteiger partial charge in [-0.2, -0.15) is 0 Å². The van der Waals surface area contributed by atoms with Crippen LogP contribution in [0.2, 0.25) is 0 Å². The summed E-state index contributed by atoms with van der Waals surface area (Å²) in [6.45, 7) is 0. The minimum Gasteiger partial charge on any atom is -0.423 e. The molecule has 0 N–H and O–H groups in total. The first-order chi connectivity index (χ1) is 5.43. The summed E-state index contributed by atoms with van der Waals surface area (Å²) in [6, 6.07) is 0. The first kappa shape index (κ1) is 12.1. The summed E-state index contributed by atoms with van der Waals surface area (Å²) in [6.07, 6.45) is 0. The van der Waals surface area contributed by atoms with Crippen molar-refractivity contribution < 1.29 is 19.1 Å². The summed E-state index contributed by atoms with van der Waals surface area (Å²) in [5.74, 6) is -2.73. The molecule has 0 bridgehead atoms. The maximum Gasteiger partial charge on any atom is 0.419 e. The van der Waals surface area contributed by atoms with E-state index in [0.29, 0.717) is 0 Å². The average molecular weight is 256 g/mol. The summed E-state index contributed by atoms with van der Waals surface area (Å²) in [7, 11) is 0. The van der Waals surface area contributed by atoms with E-state index in [1.165, 1.54) is 0 Å². The molecule has 0 saturated carbocycles. The van der Waals surface area contributed by atoms with Crippen LogP contribution in [0.4, 0.5) is 0 Å². The summed E-state index contributed by atoms with van der Waals surface area (Å²) in [4.78, 5) is 21.0. The van der Waals surface area contributed by atoms with Crippen LogP contribution < -0.4 is 0 Å². The van der Waals surface area contributed by atoms with Gasteiger partial charge in [-0.15, -0.1) is 0 Å². The highest BCUT2D eigenvalue weighted by atomic mass is 35.5. The van der Waals surface area contributed by atoms with Crippen LogP contribution in [-0.4, -0.2) is 22.0 Å².